The molecule has 0 aliphatic heterocycles. The lowest BCUT2D eigenvalue weighted by molar-refractivity contribution is -0.131. The smallest absolute Gasteiger partial charge is 0.328 e. The van der Waals surface area contributed by atoms with Crippen molar-refractivity contribution in [2.24, 2.45) is 5.92 Å². The normalized spacial score (nSPS) is 15.1. The summed E-state index contributed by atoms with van der Waals surface area (Å²) in [5, 5.41) is 13.2. The molecule has 0 spiro atoms. The van der Waals surface area contributed by atoms with Crippen molar-refractivity contribution >= 4 is 29.3 Å². The average molecular weight is 251 g/mol. The summed E-state index contributed by atoms with van der Waals surface area (Å²) < 4.78 is 0. The zero-order chi connectivity index (χ0) is 12.3. The highest BCUT2D eigenvalue weighted by Crippen LogP contribution is 2.28. The highest BCUT2D eigenvalue weighted by atomic mass is 32.1. The molecule has 17 heavy (non-hydrogen) atoms. The van der Waals surface area contributed by atoms with E-state index in [1.54, 1.807) is 11.4 Å². The van der Waals surface area contributed by atoms with Crippen molar-refractivity contribution in [2.45, 2.75) is 12.8 Å². The fourth-order valence-corrected chi connectivity index (χ4v) is 2.24. The first kappa shape index (κ1) is 11.9. The molecule has 0 bridgehead atoms. The number of rotatable bonds is 5. The third-order valence-electron chi connectivity index (χ3n) is 2.56. The maximum Gasteiger partial charge on any atom is 0.328 e. The van der Waals surface area contributed by atoms with E-state index in [2.05, 4.69) is 5.32 Å². The van der Waals surface area contributed by atoms with Crippen molar-refractivity contribution in [3.63, 3.8) is 0 Å². The molecular weight excluding hydrogens is 238 g/mol. The zero-order valence-electron chi connectivity index (χ0n) is 9.18. The molecule has 0 unspecified atom stereocenters. The van der Waals surface area contributed by atoms with E-state index in [4.69, 9.17) is 5.11 Å². The molecule has 2 N–H and O–H groups in total. The number of carboxylic acid groups (broad SMARTS) is 1. The maximum absolute atomic E-state index is 11.8. The van der Waals surface area contributed by atoms with Gasteiger partial charge in [-0.05, 0) is 41.8 Å². The van der Waals surface area contributed by atoms with Gasteiger partial charge in [-0.2, -0.15) is 0 Å². The van der Waals surface area contributed by atoms with Crippen molar-refractivity contribution < 1.29 is 14.7 Å². The van der Waals surface area contributed by atoms with E-state index >= 15 is 0 Å². The monoisotopic (exact) mass is 251 g/mol. The highest BCUT2D eigenvalue weighted by molar-refractivity contribution is 7.12. The van der Waals surface area contributed by atoms with E-state index in [9.17, 15) is 9.59 Å². The summed E-state index contributed by atoms with van der Waals surface area (Å²) in [4.78, 5) is 22.8. The predicted molar refractivity (Wildman–Crippen MR) is 66.0 cm³/mol. The van der Waals surface area contributed by atoms with Gasteiger partial charge in [0.2, 0.25) is 0 Å². The number of hydrogen-bond donors (Lipinski definition) is 2. The molecule has 1 aromatic rings. The van der Waals surface area contributed by atoms with Crippen molar-refractivity contribution in [1.29, 1.82) is 0 Å². The van der Waals surface area contributed by atoms with Crippen LogP contribution in [-0.4, -0.2) is 23.5 Å². The van der Waals surface area contributed by atoms with Gasteiger partial charge >= 0.3 is 5.97 Å². The molecule has 0 radical (unpaired) electrons. The summed E-state index contributed by atoms with van der Waals surface area (Å²) in [5.41, 5.74) is 0.658. The zero-order valence-corrected chi connectivity index (χ0v) is 10.00. The molecule has 1 aromatic heterocycles. The van der Waals surface area contributed by atoms with Crippen LogP contribution < -0.4 is 5.32 Å². The Morgan fingerprint density at radius 3 is 2.94 bits per heavy atom. The van der Waals surface area contributed by atoms with E-state index in [1.807, 2.05) is 0 Å². The first-order chi connectivity index (χ1) is 8.16. The molecule has 4 nitrogen and oxygen atoms in total. The summed E-state index contributed by atoms with van der Waals surface area (Å²) in [6.07, 6.45) is 4.87. The summed E-state index contributed by atoms with van der Waals surface area (Å²) >= 11 is 1.33. The number of aliphatic carboxylic acids is 1. The Balaban J connectivity index is 2.01. The average Bonchev–Trinajstić information content (AvgIpc) is 3.00. The second kappa shape index (κ2) is 5.14. The van der Waals surface area contributed by atoms with Crippen molar-refractivity contribution in [3.8, 4) is 0 Å². The van der Waals surface area contributed by atoms with Gasteiger partial charge < -0.3 is 10.4 Å². The van der Waals surface area contributed by atoms with Crippen LogP contribution in [0.4, 0.5) is 0 Å². The number of carboxylic acids is 1. The molecule has 1 aliphatic rings. The second-order valence-electron chi connectivity index (χ2n) is 4.03. The summed E-state index contributed by atoms with van der Waals surface area (Å²) in [6.45, 7) is 0.721. The molecular formula is C12H13NO3S. The number of thiophene rings is 1. The minimum absolute atomic E-state index is 0.114. The van der Waals surface area contributed by atoms with Gasteiger partial charge in [0.25, 0.3) is 5.91 Å². The lowest BCUT2D eigenvalue weighted by Gasteiger charge is -2.02. The van der Waals surface area contributed by atoms with E-state index in [-0.39, 0.29) is 5.91 Å². The SMILES string of the molecule is O=C(O)C=Cc1ccsc1C(=O)NCC1CC1. The quantitative estimate of drug-likeness (QED) is 0.786. The van der Waals surface area contributed by atoms with Crippen LogP contribution in [0, 0.1) is 5.92 Å². The molecule has 1 saturated carbocycles. The molecule has 1 amide bonds. The van der Waals surface area contributed by atoms with Crippen molar-refractivity contribution in [2.75, 3.05) is 6.54 Å². The third kappa shape index (κ3) is 3.42. The third-order valence-corrected chi connectivity index (χ3v) is 3.48. The molecule has 1 heterocycles. The predicted octanol–water partition coefficient (Wildman–Crippen LogP) is 1.99. The Labute approximate surface area is 103 Å². The van der Waals surface area contributed by atoms with E-state index in [1.165, 1.54) is 30.3 Å². The minimum Gasteiger partial charge on any atom is -0.478 e. The maximum atomic E-state index is 11.8. The molecule has 0 saturated heterocycles. The van der Waals surface area contributed by atoms with Crippen LogP contribution in [0.5, 0.6) is 0 Å². The van der Waals surface area contributed by atoms with Gasteiger partial charge in [-0.1, -0.05) is 0 Å². The van der Waals surface area contributed by atoms with Crippen LogP contribution in [0.3, 0.4) is 0 Å². The molecule has 2 rings (SSSR count). The van der Waals surface area contributed by atoms with Crippen LogP contribution in [0.1, 0.15) is 28.1 Å². The number of amides is 1. The van der Waals surface area contributed by atoms with Crippen LogP contribution >= 0.6 is 11.3 Å². The number of carbonyl (C=O) groups excluding carboxylic acids is 1. The Morgan fingerprint density at radius 1 is 1.53 bits per heavy atom. The van der Waals surface area contributed by atoms with Gasteiger partial charge in [0.15, 0.2) is 0 Å². The lowest BCUT2D eigenvalue weighted by Crippen LogP contribution is -2.25. The molecule has 5 heteroatoms. The standard InChI is InChI=1S/C12H13NO3S/c14-10(15)4-3-9-5-6-17-11(9)12(16)13-7-8-1-2-8/h3-6,8H,1-2,7H2,(H,13,16)(H,14,15). The lowest BCUT2D eigenvalue weighted by atomic mass is 10.2. The van der Waals surface area contributed by atoms with E-state index in [0.29, 0.717) is 16.4 Å². The Hall–Kier alpha value is -1.62. The number of carbonyl (C=O) groups is 2. The Kier molecular flexibility index (Phi) is 3.58. The molecule has 1 aliphatic carbocycles. The van der Waals surface area contributed by atoms with Crippen LogP contribution in [0.15, 0.2) is 17.5 Å². The van der Waals surface area contributed by atoms with Crippen LogP contribution in [0.25, 0.3) is 6.08 Å². The fraction of sp³-hybridized carbons (Fsp3) is 0.333. The van der Waals surface area contributed by atoms with Gasteiger partial charge in [-0.3, -0.25) is 4.79 Å². The van der Waals surface area contributed by atoms with Gasteiger partial charge in [0.1, 0.15) is 0 Å². The fourth-order valence-electron chi connectivity index (χ4n) is 1.44. The van der Waals surface area contributed by atoms with Gasteiger partial charge in [0.05, 0.1) is 4.88 Å². The molecule has 0 aromatic carbocycles. The molecule has 1 fully saturated rings. The topological polar surface area (TPSA) is 66.4 Å². The second-order valence-corrected chi connectivity index (χ2v) is 4.95. The summed E-state index contributed by atoms with van der Waals surface area (Å²) in [7, 11) is 0. The number of nitrogens with one attached hydrogen (secondary N) is 1. The highest BCUT2D eigenvalue weighted by Gasteiger charge is 2.22. The largest absolute Gasteiger partial charge is 0.478 e. The van der Waals surface area contributed by atoms with Crippen LogP contribution in [-0.2, 0) is 4.79 Å². The van der Waals surface area contributed by atoms with Crippen LogP contribution in [0.2, 0.25) is 0 Å². The van der Waals surface area contributed by atoms with Gasteiger partial charge in [-0.25, -0.2) is 4.79 Å². The summed E-state index contributed by atoms with van der Waals surface area (Å²) in [5.74, 6) is -0.491. The number of hydrogen-bond acceptors (Lipinski definition) is 3. The minimum atomic E-state index is -1.01. The van der Waals surface area contributed by atoms with Gasteiger partial charge in [-0.15, -0.1) is 11.3 Å². The Morgan fingerprint density at radius 2 is 2.29 bits per heavy atom. The van der Waals surface area contributed by atoms with E-state index < -0.39 is 5.97 Å². The van der Waals surface area contributed by atoms with Crippen molar-refractivity contribution in [1.82, 2.24) is 5.32 Å². The summed E-state index contributed by atoms with van der Waals surface area (Å²) in [6, 6.07) is 1.75. The van der Waals surface area contributed by atoms with Crippen molar-refractivity contribution in [3.05, 3.63) is 28.0 Å². The van der Waals surface area contributed by atoms with E-state index in [0.717, 1.165) is 12.6 Å². The molecule has 90 valence electrons. The molecule has 0 atom stereocenters. The first-order valence-electron chi connectivity index (χ1n) is 5.43. The first-order valence-corrected chi connectivity index (χ1v) is 6.31. The van der Waals surface area contributed by atoms with Gasteiger partial charge in [0, 0.05) is 12.6 Å². The Bertz CT molecular complexity index is 460.